The molecule has 0 aliphatic carbocycles. The van der Waals surface area contributed by atoms with Gasteiger partial charge in [-0.1, -0.05) is 16.7 Å². The normalized spacial score (nSPS) is 21.6. The Morgan fingerprint density at radius 1 is 1.76 bits per heavy atom. The first kappa shape index (κ1) is 12.3. The first-order valence-corrected chi connectivity index (χ1v) is 5.73. The molecule has 1 saturated heterocycles. The number of rotatable bonds is 3. The van der Waals surface area contributed by atoms with E-state index in [2.05, 4.69) is 15.3 Å². The molecule has 94 valence electrons. The van der Waals surface area contributed by atoms with Crippen molar-refractivity contribution >= 4 is 17.4 Å². The minimum Gasteiger partial charge on any atom is -0.358 e. The van der Waals surface area contributed by atoms with Gasteiger partial charge < -0.3 is 10.1 Å². The summed E-state index contributed by atoms with van der Waals surface area (Å²) in [5.74, 6) is -0.0595. The van der Waals surface area contributed by atoms with Crippen LogP contribution >= 0.6 is 11.6 Å². The summed E-state index contributed by atoms with van der Waals surface area (Å²) in [5, 5.41) is 18.2. The van der Waals surface area contributed by atoms with Gasteiger partial charge in [-0.3, -0.25) is 10.2 Å². The molecule has 7 nitrogen and oxygen atoms in total. The van der Waals surface area contributed by atoms with Crippen molar-refractivity contribution in [2.75, 3.05) is 20.3 Å². The fourth-order valence-corrected chi connectivity index (χ4v) is 2.05. The maximum absolute atomic E-state index is 10.8. The fraction of sp³-hybridized carbons (Fsp3) is 0.667. The number of hydrogen-bond acceptors (Lipinski definition) is 5. The standard InChI is InChI=1S/C9H14ClN5O2/c1-13-3-2-7(11-6-13)5-14-9(15(16)17)4-8(10)12-14/h4,7,11H,2-3,5-6H2,1H3/t7-/m1/s1. The second-order valence-electron chi connectivity index (χ2n) is 4.19. The lowest BCUT2D eigenvalue weighted by molar-refractivity contribution is -0.392. The zero-order valence-corrected chi connectivity index (χ0v) is 10.2. The molecule has 1 aliphatic heterocycles. The van der Waals surface area contributed by atoms with E-state index in [4.69, 9.17) is 11.6 Å². The molecule has 0 saturated carbocycles. The molecule has 0 unspecified atom stereocenters. The smallest absolute Gasteiger partial charge is 0.346 e. The van der Waals surface area contributed by atoms with Gasteiger partial charge in [-0.25, -0.2) is 0 Å². The molecular formula is C9H14ClN5O2. The van der Waals surface area contributed by atoms with Gasteiger partial charge in [0.2, 0.25) is 0 Å². The fourth-order valence-electron chi connectivity index (χ4n) is 1.86. The van der Waals surface area contributed by atoms with Crippen LogP contribution in [0.1, 0.15) is 6.42 Å². The predicted octanol–water partition coefficient (Wildman–Crippen LogP) is 0.696. The first-order valence-electron chi connectivity index (χ1n) is 5.36. The van der Waals surface area contributed by atoms with E-state index in [0.29, 0.717) is 6.54 Å². The Labute approximate surface area is 103 Å². The monoisotopic (exact) mass is 259 g/mol. The van der Waals surface area contributed by atoms with Crippen molar-refractivity contribution in [2.24, 2.45) is 0 Å². The molecule has 1 aromatic rings. The van der Waals surface area contributed by atoms with Crippen LogP contribution in [0.25, 0.3) is 0 Å². The molecule has 8 heteroatoms. The largest absolute Gasteiger partial charge is 0.358 e. The van der Waals surface area contributed by atoms with Gasteiger partial charge in [0.25, 0.3) is 0 Å². The van der Waals surface area contributed by atoms with Crippen molar-refractivity contribution in [1.29, 1.82) is 0 Å². The van der Waals surface area contributed by atoms with Crippen LogP contribution in [0, 0.1) is 10.1 Å². The Kier molecular flexibility index (Phi) is 3.60. The highest BCUT2D eigenvalue weighted by atomic mass is 35.5. The zero-order chi connectivity index (χ0) is 12.4. The predicted molar refractivity (Wildman–Crippen MR) is 62.9 cm³/mol. The Morgan fingerprint density at radius 2 is 2.53 bits per heavy atom. The van der Waals surface area contributed by atoms with Crippen LogP contribution < -0.4 is 5.32 Å². The maximum Gasteiger partial charge on any atom is 0.346 e. The number of nitrogens with zero attached hydrogens (tertiary/aromatic N) is 4. The van der Waals surface area contributed by atoms with E-state index in [0.717, 1.165) is 19.6 Å². The minimum atomic E-state index is -0.464. The van der Waals surface area contributed by atoms with Gasteiger partial charge in [-0.2, -0.15) is 0 Å². The van der Waals surface area contributed by atoms with E-state index in [-0.39, 0.29) is 17.0 Å². The van der Waals surface area contributed by atoms with Crippen molar-refractivity contribution in [3.05, 3.63) is 21.3 Å². The summed E-state index contributed by atoms with van der Waals surface area (Å²) >= 11 is 5.69. The zero-order valence-electron chi connectivity index (χ0n) is 9.47. The Hall–Kier alpha value is -1.18. The SMILES string of the molecule is CN1CC[C@H](Cn2nc(Cl)cc2[N+](=O)[O-])NC1. The van der Waals surface area contributed by atoms with E-state index in [1.54, 1.807) is 0 Å². The lowest BCUT2D eigenvalue weighted by Gasteiger charge is -2.29. The quantitative estimate of drug-likeness (QED) is 0.639. The topological polar surface area (TPSA) is 76.2 Å². The second kappa shape index (κ2) is 4.99. The van der Waals surface area contributed by atoms with Crippen molar-refractivity contribution in [2.45, 2.75) is 19.0 Å². The van der Waals surface area contributed by atoms with Gasteiger partial charge in [0.1, 0.15) is 6.54 Å². The molecule has 1 atom stereocenters. The van der Waals surface area contributed by atoms with Gasteiger partial charge in [0.05, 0.1) is 6.07 Å². The van der Waals surface area contributed by atoms with E-state index >= 15 is 0 Å². The number of aromatic nitrogens is 2. The van der Waals surface area contributed by atoms with Crippen LogP contribution in [-0.4, -0.2) is 45.9 Å². The molecule has 2 heterocycles. The van der Waals surface area contributed by atoms with Crippen molar-refractivity contribution in [3.8, 4) is 0 Å². The summed E-state index contributed by atoms with van der Waals surface area (Å²) < 4.78 is 1.35. The average molecular weight is 260 g/mol. The third-order valence-electron chi connectivity index (χ3n) is 2.82. The molecule has 0 aromatic carbocycles. The van der Waals surface area contributed by atoms with Crippen LogP contribution in [0.15, 0.2) is 6.07 Å². The molecule has 0 spiro atoms. The summed E-state index contributed by atoms with van der Waals surface area (Å²) in [6.45, 7) is 2.23. The highest BCUT2D eigenvalue weighted by Gasteiger charge is 2.23. The summed E-state index contributed by atoms with van der Waals surface area (Å²) in [4.78, 5) is 12.5. The maximum atomic E-state index is 10.8. The highest BCUT2D eigenvalue weighted by molar-refractivity contribution is 6.29. The Bertz CT molecular complexity index is 414. The molecule has 1 aliphatic rings. The van der Waals surface area contributed by atoms with Gasteiger partial charge in [-0.05, 0) is 18.4 Å². The van der Waals surface area contributed by atoms with E-state index in [1.165, 1.54) is 10.7 Å². The molecule has 1 N–H and O–H groups in total. The Morgan fingerprint density at radius 3 is 3.12 bits per heavy atom. The summed E-state index contributed by atoms with van der Waals surface area (Å²) in [6.07, 6.45) is 0.936. The summed E-state index contributed by atoms with van der Waals surface area (Å²) in [5.41, 5.74) is 0. The number of nitro groups is 1. The van der Waals surface area contributed by atoms with E-state index in [1.807, 2.05) is 7.05 Å². The van der Waals surface area contributed by atoms with Gasteiger partial charge >= 0.3 is 5.82 Å². The highest BCUT2D eigenvalue weighted by Crippen LogP contribution is 2.18. The number of hydrogen-bond donors (Lipinski definition) is 1. The lowest BCUT2D eigenvalue weighted by Crippen LogP contribution is -2.47. The second-order valence-corrected chi connectivity index (χ2v) is 4.58. The summed E-state index contributed by atoms with van der Waals surface area (Å²) in [6, 6.07) is 1.47. The molecule has 0 amide bonds. The van der Waals surface area contributed by atoms with Crippen LogP contribution in [0.2, 0.25) is 5.15 Å². The molecule has 1 aromatic heterocycles. The molecule has 2 rings (SSSR count). The van der Waals surface area contributed by atoms with E-state index in [9.17, 15) is 10.1 Å². The molecular weight excluding hydrogens is 246 g/mol. The lowest BCUT2D eigenvalue weighted by atomic mass is 10.1. The molecule has 0 bridgehead atoms. The number of halogens is 1. The van der Waals surface area contributed by atoms with Crippen molar-refractivity contribution in [1.82, 2.24) is 20.0 Å². The van der Waals surface area contributed by atoms with Crippen LogP contribution in [0.3, 0.4) is 0 Å². The van der Waals surface area contributed by atoms with Crippen molar-refractivity contribution < 1.29 is 4.92 Å². The van der Waals surface area contributed by atoms with E-state index < -0.39 is 4.92 Å². The summed E-state index contributed by atoms with van der Waals surface area (Å²) in [7, 11) is 2.02. The number of nitrogens with one attached hydrogen (secondary N) is 1. The third kappa shape index (κ3) is 2.93. The van der Waals surface area contributed by atoms with Gasteiger partial charge in [0, 0.05) is 19.3 Å². The third-order valence-corrected chi connectivity index (χ3v) is 3.00. The first-order chi connectivity index (χ1) is 8.06. The Balaban J connectivity index is 2.05. The van der Waals surface area contributed by atoms with Crippen LogP contribution in [0.4, 0.5) is 5.82 Å². The van der Waals surface area contributed by atoms with Crippen molar-refractivity contribution in [3.63, 3.8) is 0 Å². The van der Waals surface area contributed by atoms with Gasteiger partial charge in [-0.15, -0.1) is 4.68 Å². The van der Waals surface area contributed by atoms with Crippen LogP contribution in [-0.2, 0) is 6.54 Å². The van der Waals surface area contributed by atoms with Crippen LogP contribution in [0.5, 0.6) is 0 Å². The molecule has 17 heavy (non-hydrogen) atoms. The average Bonchev–Trinajstić information content (AvgIpc) is 2.63. The van der Waals surface area contributed by atoms with Gasteiger partial charge in [0.15, 0.2) is 5.15 Å². The minimum absolute atomic E-state index is 0.0595. The molecule has 0 radical (unpaired) electrons. The molecule has 1 fully saturated rings.